The first-order chi connectivity index (χ1) is 8.86. The molecule has 4 nitrogen and oxygen atoms in total. The highest BCUT2D eigenvalue weighted by Gasteiger charge is 2.34. The van der Waals surface area contributed by atoms with Crippen LogP contribution in [-0.4, -0.2) is 35.6 Å². The van der Waals surface area contributed by atoms with Crippen LogP contribution in [0.25, 0.3) is 0 Å². The van der Waals surface area contributed by atoms with Gasteiger partial charge in [0.25, 0.3) is 0 Å². The first-order valence-electron chi connectivity index (χ1n) is 7.16. The minimum atomic E-state index is 0.670. The van der Waals surface area contributed by atoms with Crippen molar-refractivity contribution in [2.75, 3.05) is 24.5 Å². The Morgan fingerprint density at radius 1 is 1.39 bits per heavy atom. The van der Waals surface area contributed by atoms with E-state index in [2.05, 4.69) is 33.2 Å². The van der Waals surface area contributed by atoms with Crippen LogP contribution in [-0.2, 0) is 6.42 Å². The van der Waals surface area contributed by atoms with Crippen molar-refractivity contribution in [2.24, 2.45) is 5.92 Å². The fourth-order valence-electron chi connectivity index (χ4n) is 3.19. The molecule has 1 aromatic rings. The van der Waals surface area contributed by atoms with Crippen LogP contribution in [0.5, 0.6) is 0 Å². The zero-order chi connectivity index (χ0) is 12.4. The van der Waals surface area contributed by atoms with E-state index < -0.39 is 0 Å². The molecule has 0 aromatic carbocycles. The second-order valence-electron chi connectivity index (χ2n) is 5.49. The standard InChI is InChI=1S/C14H22N4/c1-2-4-12-7-14(17-10-16-12)18-8-11-5-3-6-15-13(11)9-18/h7,10-11,13,15H,2-6,8-9H2,1H3/t11-,13+/m0/s1. The average molecular weight is 246 g/mol. The molecule has 0 saturated carbocycles. The van der Waals surface area contributed by atoms with Gasteiger partial charge in [-0.2, -0.15) is 0 Å². The van der Waals surface area contributed by atoms with Gasteiger partial charge in [0.15, 0.2) is 0 Å². The summed E-state index contributed by atoms with van der Waals surface area (Å²) in [6.45, 7) is 5.63. The number of nitrogens with zero attached hydrogens (tertiary/aromatic N) is 3. The third kappa shape index (κ3) is 2.34. The van der Waals surface area contributed by atoms with Crippen molar-refractivity contribution in [2.45, 2.75) is 38.6 Å². The molecule has 3 rings (SSSR count). The van der Waals surface area contributed by atoms with Gasteiger partial charge in [-0.15, -0.1) is 0 Å². The maximum Gasteiger partial charge on any atom is 0.132 e. The maximum absolute atomic E-state index is 4.45. The topological polar surface area (TPSA) is 41.0 Å². The van der Waals surface area contributed by atoms with Gasteiger partial charge in [-0.05, 0) is 31.7 Å². The average Bonchev–Trinajstić information content (AvgIpc) is 2.83. The molecule has 2 aliphatic heterocycles. The van der Waals surface area contributed by atoms with Crippen molar-refractivity contribution >= 4 is 5.82 Å². The van der Waals surface area contributed by atoms with Gasteiger partial charge < -0.3 is 10.2 Å². The molecule has 0 radical (unpaired) electrons. The van der Waals surface area contributed by atoms with Gasteiger partial charge >= 0.3 is 0 Å². The summed E-state index contributed by atoms with van der Waals surface area (Å²) in [7, 11) is 0. The molecule has 0 bridgehead atoms. The second kappa shape index (κ2) is 5.22. The Kier molecular flexibility index (Phi) is 3.46. The predicted molar refractivity (Wildman–Crippen MR) is 72.8 cm³/mol. The predicted octanol–water partition coefficient (Wildman–Crippen LogP) is 1.62. The number of fused-ring (bicyclic) bond motifs is 1. The van der Waals surface area contributed by atoms with Gasteiger partial charge in [-0.1, -0.05) is 13.3 Å². The van der Waals surface area contributed by atoms with Crippen LogP contribution in [0.3, 0.4) is 0 Å². The van der Waals surface area contributed by atoms with Crippen LogP contribution in [0.4, 0.5) is 5.82 Å². The quantitative estimate of drug-likeness (QED) is 0.880. The minimum Gasteiger partial charge on any atom is -0.355 e. The van der Waals surface area contributed by atoms with Crippen LogP contribution in [0, 0.1) is 5.92 Å². The van der Waals surface area contributed by atoms with Crippen LogP contribution >= 0.6 is 0 Å². The Morgan fingerprint density at radius 3 is 3.17 bits per heavy atom. The second-order valence-corrected chi connectivity index (χ2v) is 5.49. The third-order valence-corrected chi connectivity index (χ3v) is 4.14. The fraction of sp³-hybridized carbons (Fsp3) is 0.714. The summed E-state index contributed by atoms with van der Waals surface area (Å²) in [6.07, 6.45) is 6.59. The van der Waals surface area contributed by atoms with E-state index in [0.717, 1.165) is 37.7 Å². The van der Waals surface area contributed by atoms with Crippen molar-refractivity contribution in [1.82, 2.24) is 15.3 Å². The van der Waals surface area contributed by atoms with E-state index in [1.165, 1.54) is 25.1 Å². The van der Waals surface area contributed by atoms with E-state index in [9.17, 15) is 0 Å². The van der Waals surface area contributed by atoms with E-state index in [4.69, 9.17) is 0 Å². The molecule has 1 aromatic heterocycles. The van der Waals surface area contributed by atoms with Gasteiger partial charge in [0.05, 0.1) is 0 Å². The molecule has 3 heterocycles. The number of aryl methyl sites for hydroxylation is 1. The monoisotopic (exact) mass is 246 g/mol. The Bertz CT molecular complexity index is 393. The largest absolute Gasteiger partial charge is 0.355 e. The SMILES string of the molecule is CCCc1cc(N2C[C@@H]3CCCN[C@@H]3C2)ncn1. The molecule has 4 heteroatoms. The number of anilines is 1. The molecule has 2 atom stereocenters. The summed E-state index contributed by atoms with van der Waals surface area (Å²) in [5, 5.41) is 3.64. The van der Waals surface area contributed by atoms with Crippen LogP contribution in [0.2, 0.25) is 0 Å². The number of hydrogen-bond donors (Lipinski definition) is 1. The van der Waals surface area contributed by atoms with E-state index in [-0.39, 0.29) is 0 Å². The first-order valence-corrected chi connectivity index (χ1v) is 7.16. The van der Waals surface area contributed by atoms with Gasteiger partial charge in [0.1, 0.15) is 12.1 Å². The number of nitrogens with one attached hydrogen (secondary N) is 1. The number of aromatic nitrogens is 2. The molecular weight excluding hydrogens is 224 g/mol. The zero-order valence-corrected chi connectivity index (χ0v) is 11.1. The summed E-state index contributed by atoms with van der Waals surface area (Å²) in [5.41, 5.74) is 1.17. The Hall–Kier alpha value is -1.16. The van der Waals surface area contributed by atoms with Gasteiger partial charge in [0, 0.05) is 30.9 Å². The van der Waals surface area contributed by atoms with Crippen molar-refractivity contribution in [3.8, 4) is 0 Å². The van der Waals surface area contributed by atoms with Crippen molar-refractivity contribution in [3.63, 3.8) is 0 Å². The van der Waals surface area contributed by atoms with Crippen LogP contribution < -0.4 is 10.2 Å². The van der Waals surface area contributed by atoms with Gasteiger partial charge in [-0.25, -0.2) is 9.97 Å². The Balaban J connectivity index is 1.73. The Morgan fingerprint density at radius 2 is 2.33 bits per heavy atom. The molecule has 18 heavy (non-hydrogen) atoms. The van der Waals surface area contributed by atoms with Crippen LogP contribution in [0.15, 0.2) is 12.4 Å². The van der Waals surface area contributed by atoms with Crippen molar-refractivity contribution in [1.29, 1.82) is 0 Å². The lowest BCUT2D eigenvalue weighted by Crippen LogP contribution is -2.40. The third-order valence-electron chi connectivity index (χ3n) is 4.14. The van der Waals surface area contributed by atoms with Gasteiger partial charge in [0.2, 0.25) is 0 Å². The minimum absolute atomic E-state index is 0.670. The lowest BCUT2D eigenvalue weighted by molar-refractivity contribution is 0.340. The molecule has 1 N–H and O–H groups in total. The highest BCUT2D eigenvalue weighted by molar-refractivity contribution is 5.41. The maximum atomic E-state index is 4.45. The summed E-state index contributed by atoms with van der Waals surface area (Å²) in [6, 6.07) is 2.84. The van der Waals surface area contributed by atoms with Crippen LogP contribution in [0.1, 0.15) is 31.9 Å². The molecule has 2 aliphatic rings. The molecule has 98 valence electrons. The first kappa shape index (κ1) is 11.9. The highest BCUT2D eigenvalue weighted by Crippen LogP contribution is 2.28. The van der Waals surface area contributed by atoms with E-state index >= 15 is 0 Å². The summed E-state index contributed by atoms with van der Waals surface area (Å²) >= 11 is 0. The Labute approximate surface area is 109 Å². The summed E-state index contributed by atoms with van der Waals surface area (Å²) in [5.74, 6) is 1.92. The molecular formula is C14H22N4. The molecule has 0 aliphatic carbocycles. The summed E-state index contributed by atoms with van der Waals surface area (Å²) in [4.78, 5) is 11.2. The van der Waals surface area contributed by atoms with Crippen molar-refractivity contribution < 1.29 is 0 Å². The smallest absolute Gasteiger partial charge is 0.132 e. The molecule has 2 fully saturated rings. The lowest BCUT2D eigenvalue weighted by Gasteiger charge is -2.24. The van der Waals surface area contributed by atoms with Gasteiger partial charge in [-0.3, -0.25) is 0 Å². The molecule has 0 spiro atoms. The fourth-order valence-corrected chi connectivity index (χ4v) is 3.19. The normalized spacial score (nSPS) is 27.3. The molecule has 0 amide bonds. The molecule has 2 saturated heterocycles. The summed E-state index contributed by atoms with van der Waals surface area (Å²) < 4.78 is 0. The van der Waals surface area contributed by atoms with E-state index in [0.29, 0.717) is 6.04 Å². The molecule has 0 unspecified atom stereocenters. The number of rotatable bonds is 3. The van der Waals surface area contributed by atoms with E-state index in [1.54, 1.807) is 6.33 Å². The van der Waals surface area contributed by atoms with Crippen molar-refractivity contribution in [3.05, 3.63) is 18.1 Å². The lowest BCUT2D eigenvalue weighted by atomic mass is 9.94. The zero-order valence-electron chi connectivity index (χ0n) is 11.1. The highest BCUT2D eigenvalue weighted by atomic mass is 15.2. The number of piperidine rings is 1. The number of hydrogen-bond acceptors (Lipinski definition) is 4. The van der Waals surface area contributed by atoms with E-state index in [1.807, 2.05) is 0 Å².